The predicted octanol–water partition coefficient (Wildman–Crippen LogP) is 1.37. The average Bonchev–Trinajstić information content (AvgIpc) is 2.15. The van der Waals surface area contributed by atoms with E-state index in [0.29, 0.717) is 5.96 Å². The molecular formula is C13H28N4. The van der Waals surface area contributed by atoms with Crippen LogP contribution in [-0.2, 0) is 0 Å². The Balaban J connectivity index is 2.44. The van der Waals surface area contributed by atoms with Crippen molar-refractivity contribution in [3.05, 3.63) is 0 Å². The van der Waals surface area contributed by atoms with Crippen LogP contribution in [0, 0.1) is 5.92 Å². The molecule has 0 radical (unpaired) electrons. The number of aliphatic imine (C=N–C) groups is 1. The molecule has 0 aromatic rings. The van der Waals surface area contributed by atoms with Crippen LogP contribution < -0.4 is 5.73 Å². The maximum atomic E-state index is 6.04. The number of nitrogens with two attached hydrogens (primary N) is 1. The van der Waals surface area contributed by atoms with Crippen molar-refractivity contribution in [2.24, 2.45) is 16.6 Å². The molecule has 0 amide bonds. The highest BCUT2D eigenvalue weighted by Crippen LogP contribution is 2.09. The first kappa shape index (κ1) is 14.3. The first-order valence-corrected chi connectivity index (χ1v) is 6.60. The fourth-order valence-corrected chi connectivity index (χ4v) is 2.09. The molecule has 0 unspecified atom stereocenters. The zero-order valence-electron chi connectivity index (χ0n) is 12.0. The number of hydrogen-bond acceptors (Lipinski definition) is 2. The summed E-state index contributed by atoms with van der Waals surface area (Å²) in [6, 6.07) is 0. The second-order valence-corrected chi connectivity index (χ2v) is 6.32. The van der Waals surface area contributed by atoms with E-state index in [2.05, 4.69) is 49.4 Å². The highest BCUT2D eigenvalue weighted by Gasteiger charge is 2.20. The van der Waals surface area contributed by atoms with E-state index in [-0.39, 0.29) is 5.54 Å². The van der Waals surface area contributed by atoms with Crippen molar-refractivity contribution < 1.29 is 0 Å². The molecule has 2 N–H and O–H groups in total. The Bertz CT molecular complexity index is 257. The Kier molecular flexibility index (Phi) is 4.80. The molecule has 0 spiro atoms. The summed E-state index contributed by atoms with van der Waals surface area (Å²) < 4.78 is 0. The molecule has 1 fully saturated rings. The maximum Gasteiger partial charge on any atom is 0.191 e. The van der Waals surface area contributed by atoms with Crippen LogP contribution in [0.4, 0.5) is 0 Å². The summed E-state index contributed by atoms with van der Waals surface area (Å²) in [6.45, 7) is 16.1. The third-order valence-electron chi connectivity index (χ3n) is 2.77. The van der Waals surface area contributed by atoms with Crippen LogP contribution >= 0.6 is 0 Å². The fraction of sp³-hybridized carbons (Fsp3) is 0.923. The molecule has 0 aromatic carbocycles. The lowest BCUT2D eigenvalue weighted by molar-refractivity contribution is 0.165. The number of hydrogen-bond donors (Lipinski definition) is 1. The Morgan fingerprint density at radius 1 is 1.18 bits per heavy atom. The van der Waals surface area contributed by atoms with E-state index in [1.165, 1.54) is 6.54 Å². The van der Waals surface area contributed by atoms with E-state index >= 15 is 0 Å². The summed E-state index contributed by atoms with van der Waals surface area (Å²) in [5.41, 5.74) is 5.95. The molecule has 1 rings (SSSR count). The number of rotatable bonds is 2. The Morgan fingerprint density at radius 2 is 1.71 bits per heavy atom. The molecular weight excluding hydrogens is 212 g/mol. The average molecular weight is 240 g/mol. The standard InChI is InChI=1S/C13H28N4/c1-11(2)10-16-6-8-17(9-7-16)12(14)15-13(3,4)5/h11H,6-10H2,1-5H3,(H2,14,15). The van der Waals surface area contributed by atoms with Crippen LogP contribution in [-0.4, -0.2) is 54.0 Å². The van der Waals surface area contributed by atoms with Gasteiger partial charge in [0.25, 0.3) is 0 Å². The lowest BCUT2D eigenvalue weighted by atomic mass is 10.1. The van der Waals surface area contributed by atoms with Crippen LogP contribution in [0.1, 0.15) is 34.6 Å². The lowest BCUT2D eigenvalue weighted by Crippen LogP contribution is -2.52. The minimum Gasteiger partial charge on any atom is -0.370 e. The van der Waals surface area contributed by atoms with Crippen LogP contribution in [0.2, 0.25) is 0 Å². The molecule has 4 heteroatoms. The third kappa shape index (κ3) is 5.39. The van der Waals surface area contributed by atoms with Crippen molar-refractivity contribution in [2.45, 2.75) is 40.2 Å². The molecule has 0 aromatic heterocycles. The second kappa shape index (κ2) is 5.71. The smallest absolute Gasteiger partial charge is 0.191 e. The van der Waals surface area contributed by atoms with Gasteiger partial charge in [-0.25, -0.2) is 4.99 Å². The number of piperazine rings is 1. The minimum absolute atomic E-state index is 0.0842. The molecule has 1 aliphatic rings. The Labute approximate surface area is 106 Å². The molecule has 0 atom stereocenters. The van der Waals surface area contributed by atoms with Gasteiger partial charge in [0.05, 0.1) is 5.54 Å². The molecule has 0 saturated carbocycles. The second-order valence-electron chi connectivity index (χ2n) is 6.32. The van der Waals surface area contributed by atoms with Gasteiger partial charge in [-0.15, -0.1) is 0 Å². The third-order valence-corrected chi connectivity index (χ3v) is 2.77. The maximum absolute atomic E-state index is 6.04. The predicted molar refractivity (Wildman–Crippen MR) is 74.2 cm³/mol. The summed E-state index contributed by atoms with van der Waals surface area (Å²) in [5, 5.41) is 0. The molecule has 0 aliphatic carbocycles. The van der Waals surface area contributed by atoms with Gasteiger partial charge in [0, 0.05) is 32.7 Å². The van der Waals surface area contributed by atoms with Crippen molar-refractivity contribution in [3.8, 4) is 0 Å². The van der Waals surface area contributed by atoms with Gasteiger partial charge >= 0.3 is 0 Å². The first-order chi connectivity index (χ1) is 7.78. The largest absolute Gasteiger partial charge is 0.370 e. The zero-order chi connectivity index (χ0) is 13.1. The normalized spacial score (nSPS) is 20.1. The highest BCUT2D eigenvalue weighted by molar-refractivity contribution is 5.78. The molecule has 1 saturated heterocycles. The van der Waals surface area contributed by atoms with Crippen LogP contribution in [0.25, 0.3) is 0 Å². The van der Waals surface area contributed by atoms with E-state index in [1.807, 2.05) is 0 Å². The minimum atomic E-state index is -0.0842. The van der Waals surface area contributed by atoms with Crippen molar-refractivity contribution in [1.29, 1.82) is 0 Å². The molecule has 17 heavy (non-hydrogen) atoms. The van der Waals surface area contributed by atoms with Gasteiger partial charge in [-0.05, 0) is 26.7 Å². The SMILES string of the molecule is CC(C)CN1CCN(C(N)=NC(C)(C)C)CC1. The van der Waals surface area contributed by atoms with E-state index in [9.17, 15) is 0 Å². The highest BCUT2D eigenvalue weighted by atomic mass is 15.3. The van der Waals surface area contributed by atoms with Crippen molar-refractivity contribution >= 4 is 5.96 Å². The van der Waals surface area contributed by atoms with E-state index in [1.54, 1.807) is 0 Å². The Hall–Kier alpha value is -0.770. The molecule has 1 aliphatic heterocycles. The van der Waals surface area contributed by atoms with Gasteiger partial charge < -0.3 is 10.6 Å². The van der Waals surface area contributed by atoms with E-state index in [0.717, 1.165) is 32.1 Å². The zero-order valence-corrected chi connectivity index (χ0v) is 12.0. The van der Waals surface area contributed by atoms with Crippen LogP contribution in [0.5, 0.6) is 0 Å². The van der Waals surface area contributed by atoms with Crippen molar-refractivity contribution in [2.75, 3.05) is 32.7 Å². The van der Waals surface area contributed by atoms with Gasteiger partial charge in [0.1, 0.15) is 0 Å². The summed E-state index contributed by atoms with van der Waals surface area (Å²) >= 11 is 0. The van der Waals surface area contributed by atoms with Crippen molar-refractivity contribution in [1.82, 2.24) is 9.80 Å². The number of nitrogens with zero attached hydrogens (tertiary/aromatic N) is 3. The Morgan fingerprint density at radius 3 is 2.12 bits per heavy atom. The summed E-state index contributed by atoms with van der Waals surface area (Å²) in [6.07, 6.45) is 0. The van der Waals surface area contributed by atoms with Crippen molar-refractivity contribution in [3.63, 3.8) is 0 Å². The summed E-state index contributed by atoms with van der Waals surface area (Å²) in [7, 11) is 0. The molecule has 100 valence electrons. The summed E-state index contributed by atoms with van der Waals surface area (Å²) in [5.74, 6) is 1.43. The first-order valence-electron chi connectivity index (χ1n) is 6.60. The number of guanidine groups is 1. The fourth-order valence-electron chi connectivity index (χ4n) is 2.09. The van der Waals surface area contributed by atoms with E-state index in [4.69, 9.17) is 5.73 Å². The summed E-state index contributed by atoms with van der Waals surface area (Å²) in [4.78, 5) is 9.22. The lowest BCUT2D eigenvalue weighted by Gasteiger charge is -2.36. The van der Waals surface area contributed by atoms with Gasteiger partial charge in [-0.3, -0.25) is 4.90 Å². The monoisotopic (exact) mass is 240 g/mol. The molecule has 0 bridgehead atoms. The van der Waals surface area contributed by atoms with Gasteiger partial charge in [-0.1, -0.05) is 13.8 Å². The van der Waals surface area contributed by atoms with E-state index < -0.39 is 0 Å². The van der Waals surface area contributed by atoms with Crippen LogP contribution in [0.15, 0.2) is 4.99 Å². The quantitative estimate of drug-likeness (QED) is 0.586. The van der Waals surface area contributed by atoms with Gasteiger partial charge in [0.2, 0.25) is 0 Å². The molecule has 1 heterocycles. The van der Waals surface area contributed by atoms with Gasteiger partial charge in [-0.2, -0.15) is 0 Å². The topological polar surface area (TPSA) is 44.9 Å². The van der Waals surface area contributed by atoms with Crippen LogP contribution in [0.3, 0.4) is 0 Å². The van der Waals surface area contributed by atoms with Gasteiger partial charge in [0.15, 0.2) is 5.96 Å². The molecule has 4 nitrogen and oxygen atoms in total.